The predicted molar refractivity (Wildman–Crippen MR) is 69.6 cm³/mol. The Balaban J connectivity index is 2.66. The standard InChI is InChI=1S/C12H19NO2S/c1-3-4-5-6-13-9-7-10(14)11(15)8-12(9)16-2/h7-8,13-15H,3-6H2,1-2H3. The van der Waals surface area contributed by atoms with E-state index < -0.39 is 0 Å². The molecule has 1 aromatic carbocycles. The fourth-order valence-corrected chi connectivity index (χ4v) is 2.04. The summed E-state index contributed by atoms with van der Waals surface area (Å²) in [4.78, 5) is 0.951. The number of rotatable bonds is 6. The van der Waals surface area contributed by atoms with E-state index in [2.05, 4.69) is 12.2 Å². The van der Waals surface area contributed by atoms with E-state index in [-0.39, 0.29) is 11.5 Å². The molecule has 90 valence electrons. The Morgan fingerprint density at radius 3 is 2.50 bits per heavy atom. The minimum atomic E-state index is -0.0733. The maximum atomic E-state index is 9.42. The lowest BCUT2D eigenvalue weighted by Crippen LogP contribution is -2.02. The Hall–Kier alpha value is -1.03. The van der Waals surface area contributed by atoms with E-state index in [1.807, 2.05) is 6.26 Å². The van der Waals surface area contributed by atoms with Crippen molar-refractivity contribution in [3.05, 3.63) is 12.1 Å². The molecule has 0 saturated carbocycles. The predicted octanol–water partition coefficient (Wildman–Crippen LogP) is 3.42. The van der Waals surface area contributed by atoms with Gasteiger partial charge in [-0.25, -0.2) is 0 Å². The van der Waals surface area contributed by atoms with Crippen molar-refractivity contribution in [3.8, 4) is 11.5 Å². The van der Waals surface area contributed by atoms with Crippen molar-refractivity contribution in [1.82, 2.24) is 0 Å². The van der Waals surface area contributed by atoms with Crippen LogP contribution in [0.4, 0.5) is 5.69 Å². The molecule has 0 aliphatic carbocycles. The second-order valence-corrected chi connectivity index (χ2v) is 4.52. The normalized spacial score (nSPS) is 10.4. The Bertz CT molecular complexity index is 342. The summed E-state index contributed by atoms with van der Waals surface area (Å²) in [5, 5.41) is 22.1. The first-order chi connectivity index (χ1) is 7.69. The van der Waals surface area contributed by atoms with Gasteiger partial charge < -0.3 is 15.5 Å². The van der Waals surface area contributed by atoms with E-state index in [1.165, 1.54) is 12.8 Å². The van der Waals surface area contributed by atoms with Gasteiger partial charge in [0.2, 0.25) is 0 Å². The number of phenolic OH excluding ortho intramolecular Hbond substituents is 2. The van der Waals surface area contributed by atoms with Crippen LogP contribution in [0.25, 0.3) is 0 Å². The molecule has 16 heavy (non-hydrogen) atoms. The van der Waals surface area contributed by atoms with Crippen LogP contribution in [0.2, 0.25) is 0 Å². The Morgan fingerprint density at radius 2 is 1.88 bits per heavy atom. The molecule has 4 heteroatoms. The topological polar surface area (TPSA) is 52.5 Å². The minimum Gasteiger partial charge on any atom is -0.504 e. The molecule has 1 rings (SSSR count). The molecule has 0 aliphatic rings. The molecule has 0 bridgehead atoms. The lowest BCUT2D eigenvalue weighted by molar-refractivity contribution is 0.403. The highest BCUT2D eigenvalue weighted by atomic mass is 32.2. The van der Waals surface area contributed by atoms with Crippen molar-refractivity contribution in [2.75, 3.05) is 18.1 Å². The van der Waals surface area contributed by atoms with Crippen LogP contribution in [-0.2, 0) is 0 Å². The molecule has 0 unspecified atom stereocenters. The van der Waals surface area contributed by atoms with Gasteiger partial charge in [0.05, 0.1) is 5.69 Å². The second-order valence-electron chi connectivity index (χ2n) is 3.68. The Labute approximate surface area is 101 Å². The molecule has 0 aromatic heterocycles. The molecular formula is C12H19NO2S. The van der Waals surface area contributed by atoms with Gasteiger partial charge in [-0.3, -0.25) is 0 Å². The molecule has 0 saturated heterocycles. The van der Waals surface area contributed by atoms with Gasteiger partial charge in [-0.2, -0.15) is 0 Å². The van der Waals surface area contributed by atoms with Crippen LogP contribution in [0.15, 0.2) is 17.0 Å². The number of unbranched alkanes of at least 4 members (excludes halogenated alkanes) is 2. The smallest absolute Gasteiger partial charge is 0.159 e. The van der Waals surface area contributed by atoms with Crippen molar-refractivity contribution in [2.24, 2.45) is 0 Å². The van der Waals surface area contributed by atoms with E-state index >= 15 is 0 Å². The fraction of sp³-hybridized carbons (Fsp3) is 0.500. The summed E-state index contributed by atoms with van der Waals surface area (Å²) in [6.07, 6.45) is 5.46. The number of anilines is 1. The lowest BCUT2D eigenvalue weighted by atomic mass is 10.2. The van der Waals surface area contributed by atoms with Gasteiger partial charge in [0.15, 0.2) is 11.5 Å². The number of hydrogen-bond acceptors (Lipinski definition) is 4. The van der Waals surface area contributed by atoms with Crippen LogP contribution in [0.5, 0.6) is 11.5 Å². The van der Waals surface area contributed by atoms with E-state index in [0.717, 1.165) is 23.5 Å². The third-order valence-corrected chi connectivity index (χ3v) is 3.17. The Morgan fingerprint density at radius 1 is 1.19 bits per heavy atom. The van der Waals surface area contributed by atoms with Gasteiger partial charge in [-0.1, -0.05) is 19.8 Å². The van der Waals surface area contributed by atoms with Crippen molar-refractivity contribution in [3.63, 3.8) is 0 Å². The van der Waals surface area contributed by atoms with Gasteiger partial charge >= 0.3 is 0 Å². The number of hydrogen-bond donors (Lipinski definition) is 3. The van der Waals surface area contributed by atoms with Crippen molar-refractivity contribution in [1.29, 1.82) is 0 Å². The van der Waals surface area contributed by atoms with E-state index in [9.17, 15) is 10.2 Å². The van der Waals surface area contributed by atoms with Crippen molar-refractivity contribution in [2.45, 2.75) is 31.1 Å². The van der Waals surface area contributed by atoms with E-state index in [1.54, 1.807) is 23.9 Å². The highest BCUT2D eigenvalue weighted by molar-refractivity contribution is 7.98. The highest BCUT2D eigenvalue weighted by Crippen LogP contribution is 2.36. The molecule has 0 aliphatic heterocycles. The summed E-state index contributed by atoms with van der Waals surface area (Å²) >= 11 is 1.55. The zero-order valence-electron chi connectivity index (χ0n) is 9.79. The lowest BCUT2D eigenvalue weighted by Gasteiger charge is -2.11. The molecule has 0 spiro atoms. The summed E-state index contributed by atoms with van der Waals surface area (Å²) in [7, 11) is 0. The number of thioether (sulfide) groups is 1. The van der Waals surface area contributed by atoms with Crippen LogP contribution in [0, 0.1) is 0 Å². The molecule has 0 atom stereocenters. The van der Waals surface area contributed by atoms with Gasteiger partial charge in [0.25, 0.3) is 0 Å². The number of aromatic hydroxyl groups is 2. The molecule has 3 N–H and O–H groups in total. The molecule has 0 fully saturated rings. The summed E-state index contributed by atoms with van der Waals surface area (Å²) in [6.45, 7) is 3.06. The monoisotopic (exact) mass is 241 g/mol. The van der Waals surface area contributed by atoms with Crippen LogP contribution < -0.4 is 5.32 Å². The maximum absolute atomic E-state index is 9.42. The first-order valence-electron chi connectivity index (χ1n) is 5.52. The fourth-order valence-electron chi connectivity index (χ4n) is 1.46. The molecule has 0 radical (unpaired) electrons. The molecule has 3 nitrogen and oxygen atoms in total. The number of nitrogens with one attached hydrogen (secondary N) is 1. The summed E-state index contributed by atoms with van der Waals surface area (Å²) in [5.74, 6) is -0.140. The van der Waals surface area contributed by atoms with Crippen LogP contribution in [-0.4, -0.2) is 23.0 Å². The zero-order chi connectivity index (χ0) is 12.0. The average molecular weight is 241 g/mol. The summed E-state index contributed by atoms with van der Waals surface area (Å²) in [6, 6.07) is 3.16. The first kappa shape index (κ1) is 13.0. The average Bonchev–Trinajstić information content (AvgIpc) is 2.28. The van der Waals surface area contributed by atoms with Gasteiger partial charge in [-0.05, 0) is 18.7 Å². The molecule has 0 amide bonds. The SMILES string of the molecule is CCCCCNc1cc(O)c(O)cc1SC. The largest absolute Gasteiger partial charge is 0.504 e. The third-order valence-electron chi connectivity index (χ3n) is 2.39. The van der Waals surface area contributed by atoms with Crippen LogP contribution in [0.1, 0.15) is 26.2 Å². The molecular weight excluding hydrogens is 222 g/mol. The van der Waals surface area contributed by atoms with Crippen molar-refractivity contribution >= 4 is 17.4 Å². The van der Waals surface area contributed by atoms with Gasteiger partial charge in [0.1, 0.15) is 0 Å². The van der Waals surface area contributed by atoms with Gasteiger partial charge in [-0.15, -0.1) is 11.8 Å². The van der Waals surface area contributed by atoms with Crippen molar-refractivity contribution < 1.29 is 10.2 Å². The first-order valence-corrected chi connectivity index (χ1v) is 6.75. The summed E-state index contributed by atoms with van der Waals surface area (Å²) < 4.78 is 0. The molecule has 0 heterocycles. The maximum Gasteiger partial charge on any atom is 0.159 e. The summed E-state index contributed by atoms with van der Waals surface area (Å²) in [5.41, 5.74) is 0.888. The number of benzene rings is 1. The van der Waals surface area contributed by atoms with E-state index in [4.69, 9.17) is 0 Å². The highest BCUT2D eigenvalue weighted by Gasteiger charge is 2.07. The molecule has 1 aromatic rings. The van der Waals surface area contributed by atoms with E-state index in [0.29, 0.717) is 0 Å². The quantitative estimate of drug-likeness (QED) is 0.309. The van der Waals surface area contributed by atoms with Gasteiger partial charge in [0, 0.05) is 17.5 Å². The minimum absolute atomic E-state index is 0.0662. The van der Waals surface area contributed by atoms with Crippen LogP contribution >= 0.6 is 11.8 Å². The second kappa shape index (κ2) is 6.53. The zero-order valence-corrected chi connectivity index (χ0v) is 10.6. The third kappa shape index (κ3) is 3.52. The van der Waals surface area contributed by atoms with Crippen LogP contribution in [0.3, 0.4) is 0 Å². The Kier molecular flexibility index (Phi) is 5.32. The number of phenols is 2.